The number of aliphatic hydroxyl groups excluding tert-OH is 1. The van der Waals surface area contributed by atoms with E-state index in [0.29, 0.717) is 17.8 Å². The van der Waals surface area contributed by atoms with Gasteiger partial charge in [0.2, 0.25) is 11.8 Å². The third kappa shape index (κ3) is 3.38. The molecule has 0 aliphatic carbocycles. The Morgan fingerprint density at radius 3 is 3.05 bits per heavy atom. The Balaban J connectivity index is 1.93. The van der Waals surface area contributed by atoms with Crippen LogP contribution in [0.15, 0.2) is 16.8 Å². The second kappa shape index (κ2) is 5.61. The number of aliphatic hydroxyl groups is 1. The quantitative estimate of drug-likeness (QED) is 0.822. The molecular formula is C11H15N5O3. The van der Waals surface area contributed by atoms with Crippen molar-refractivity contribution in [2.75, 3.05) is 5.32 Å². The summed E-state index contributed by atoms with van der Waals surface area (Å²) in [5.74, 6) is -0.0185. The van der Waals surface area contributed by atoms with E-state index in [1.54, 1.807) is 19.2 Å². The molecule has 0 spiro atoms. The Kier molecular flexibility index (Phi) is 3.91. The Labute approximate surface area is 109 Å². The fraction of sp³-hybridized carbons (Fsp3) is 0.455. The standard InChI is InChI=1S/C11H15N5O3/c1-3-9(17)8-5-16(15-13-8)6-10(18)12-11-4-7(2)14-19-11/h4-5,9,17H,3,6H2,1-2H3,(H,12,18). The first-order chi connectivity index (χ1) is 9.08. The van der Waals surface area contributed by atoms with Crippen molar-refractivity contribution in [1.29, 1.82) is 0 Å². The van der Waals surface area contributed by atoms with Crippen molar-refractivity contribution in [2.24, 2.45) is 0 Å². The SMILES string of the molecule is CCC(O)c1cn(CC(=O)Nc2cc(C)no2)nn1. The third-order valence-electron chi connectivity index (χ3n) is 2.48. The first-order valence-corrected chi connectivity index (χ1v) is 5.89. The summed E-state index contributed by atoms with van der Waals surface area (Å²) in [5, 5.41) is 23.3. The summed E-state index contributed by atoms with van der Waals surface area (Å²) in [6.45, 7) is 3.58. The Bertz CT molecular complexity index is 562. The van der Waals surface area contributed by atoms with Gasteiger partial charge < -0.3 is 9.63 Å². The molecule has 2 aromatic heterocycles. The maximum atomic E-state index is 11.7. The zero-order valence-corrected chi connectivity index (χ0v) is 10.7. The van der Waals surface area contributed by atoms with Crippen molar-refractivity contribution in [1.82, 2.24) is 20.2 Å². The van der Waals surface area contributed by atoms with Crippen LogP contribution in [0.2, 0.25) is 0 Å². The van der Waals surface area contributed by atoms with Gasteiger partial charge in [-0.15, -0.1) is 5.10 Å². The molecule has 0 saturated heterocycles. The fourth-order valence-corrected chi connectivity index (χ4v) is 1.50. The van der Waals surface area contributed by atoms with Crippen LogP contribution in [-0.2, 0) is 11.3 Å². The van der Waals surface area contributed by atoms with Crippen LogP contribution < -0.4 is 5.32 Å². The number of carbonyl (C=O) groups excluding carboxylic acids is 1. The highest BCUT2D eigenvalue weighted by atomic mass is 16.5. The van der Waals surface area contributed by atoms with Crippen molar-refractivity contribution >= 4 is 11.8 Å². The molecule has 0 bridgehead atoms. The van der Waals surface area contributed by atoms with Crippen LogP contribution in [-0.4, -0.2) is 31.2 Å². The van der Waals surface area contributed by atoms with E-state index in [9.17, 15) is 9.90 Å². The van der Waals surface area contributed by atoms with Gasteiger partial charge in [0.25, 0.3) is 0 Å². The maximum Gasteiger partial charge on any atom is 0.248 e. The van der Waals surface area contributed by atoms with Crippen LogP contribution in [0.5, 0.6) is 0 Å². The van der Waals surface area contributed by atoms with Gasteiger partial charge in [-0.25, -0.2) is 4.68 Å². The van der Waals surface area contributed by atoms with Gasteiger partial charge in [0.15, 0.2) is 0 Å². The minimum atomic E-state index is -0.659. The molecule has 0 aliphatic heterocycles. The van der Waals surface area contributed by atoms with Gasteiger partial charge in [0.05, 0.1) is 18.0 Å². The molecule has 102 valence electrons. The van der Waals surface area contributed by atoms with Crippen LogP contribution in [0.4, 0.5) is 5.88 Å². The van der Waals surface area contributed by atoms with Crippen molar-refractivity contribution in [3.63, 3.8) is 0 Å². The summed E-state index contributed by atoms with van der Waals surface area (Å²) >= 11 is 0. The van der Waals surface area contributed by atoms with E-state index >= 15 is 0 Å². The Hall–Kier alpha value is -2.22. The van der Waals surface area contributed by atoms with E-state index < -0.39 is 6.10 Å². The number of aromatic nitrogens is 4. The maximum absolute atomic E-state index is 11.7. The molecule has 2 aromatic rings. The molecule has 0 fully saturated rings. The lowest BCUT2D eigenvalue weighted by atomic mass is 10.2. The largest absolute Gasteiger partial charge is 0.387 e. The summed E-state index contributed by atoms with van der Waals surface area (Å²) in [6.07, 6.45) is 1.43. The zero-order valence-electron chi connectivity index (χ0n) is 10.7. The van der Waals surface area contributed by atoms with Crippen LogP contribution in [0, 0.1) is 6.92 Å². The van der Waals surface area contributed by atoms with E-state index in [2.05, 4.69) is 20.8 Å². The first kappa shape index (κ1) is 13.2. The summed E-state index contributed by atoms with van der Waals surface area (Å²) in [7, 11) is 0. The van der Waals surface area contributed by atoms with Gasteiger partial charge in [-0.3, -0.25) is 10.1 Å². The number of anilines is 1. The number of amides is 1. The van der Waals surface area contributed by atoms with Gasteiger partial charge >= 0.3 is 0 Å². The third-order valence-corrected chi connectivity index (χ3v) is 2.48. The van der Waals surface area contributed by atoms with Crippen LogP contribution in [0.1, 0.15) is 30.8 Å². The molecule has 8 nitrogen and oxygen atoms in total. The summed E-state index contributed by atoms with van der Waals surface area (Å²) in [4.78, 5) is 11.7. The number of hydrogen-bond acceptors (Lipinski definition) is 6. The number of aryl methyl sites for hydroxylation is 1. The summed E-state index contributed by atoms with van der Waals surface area (Å²) < 4.78 is 6.22. The predicted octanol–water partition coefficient (Wildman–Crippen LogP) is 0.657. The number of nitrogens with zero attached hydrogens (tertiary/aromatic N) is 4. The lowest BCUT2D eigenvalue weighted by molar-refractivity contribution is -0.117. The lowest BCUT2D eigenvalue weighted by Crippen LogP contribution is -2.18. The molecule has 2 heterocycles. The smallest absolute Gasteiger partial charge is 0.248 e. The molecular weight excluding hydrogens is 250 g/mol. The summed E-state index contributed by atoms with van der Waals surface area (Å²) in [6, 6.07) is 1.62. The van der Waals surface area contributed by atoms with Crippen LogP contribution in [0.3, 0.4) is 0 Å². The molecule has 0 aromatic carbocycles. The van der Waals surface area contributed by atoms with Gasteiger partial charge in [-0.05, 0) is 13.3 Å². The molecule has 2 rings (SSSR count). The molecule has 2 N–H and O–H groups in total. The zero-order chi connectivity index (χ0) is 13.8. The highest BCUT2D eigenvalue weighted by Crippen LogP contribution is 2.12. The van der Waals surface area contributed by atoms with E-state index in [1.165, 1.54) is 4.68 Å². The van der Waals surface area contributed by atoms with Crippen LogP contribution >= 0.6 is 0 Å². The van der Waals surface area contributed by atoms with Gasteiger partial charge in [0, 0.05) is 6.07 Å². The van der Waals surface area contributed by atoms with Crippen molar-refractivity contribution in [3.05, 3.63) is 23.7 Å². The molecule has 8 heteroatoms. The molecule has 0 saturated carbocycles. The second-order valence-electron chi connectivity index (χ2n) is 4.15. The minimum absolute atomic E-state index is 0.0107. The van der Waals surface area contributed by atoms with Gasteiger partial charge in [-0.1, -0.05) is 17.3 Å². The van der Waals surface area contributed by atoms with Crippen molar-refractivity contribution in [3.8, 4) is 0 Å². The first-order valence-electron chi connectivity index (χ1n) is 5.89. The molecule has 1 atom stereocenters. The normalized spacial score (nSPS) is 12.4. The second-order valence-corrected chi connectivity index (χ2v) is 4.15. The average molecular weight is 265 g/mol. The van der Waals surface area contributed by atoms with E-state index in [1.807, 2.05) is 6.92 Å². The predicted molar refractivity (Wildman–Crippen MR) is 65.1 cm³/mol. The average Bonchev–Trinajstić information content (AvgIpc) is 2.98. The van der Waals surface area contributed by atoms with Crippen molar-refractivity contribution < 1.29 is 14.4 Å². The number of nitrogens with one attached hydrogen (secondary N) is 1. The van der Waals surface area contributed by atoms with Crippen molar-refractivity contribution in [2.45, 2.75) is 32.9 Å². The number of hydrogen-bond donors (Lipinski definition) is 2. The summed E-state index contributed by atoms with van der Waals surface area (Å²) in [5.41, 5.74) is 1.13. The fourth-order valence-electron chi connectivity index (χ4n) is 1.50. The topological polar surface area (TPSA) is 106 Å². The van der Waals surface area contributed by atoms with E-state index in [4.69, 9.17) is 4.52 Å². The number of carbonyl (C=O) groups is 1. The van der Waals surface area contributed by atoms with E-state index in [0.717, 1.165) is 0 Å². The molecule has 1 amide bonds. The minimum Gasteiger partial charge on any atom is -0.387 e. The Morgan fingerprint density at radius 2 is 2.42 bits per heavy atom. The van der Waals surface area contributed by atoms with E-state index in [-0.39, 0.29) is 18.3 Å². The van der Waals surface area contributed by atoms with Crippen LogP contribution in [0.25, 0.3) is 0 Å². The van der Waals surface area contributed by atoms with Gasteiger partial charge in [0.1, 0.15) is 12.2 Å². The molecule has 1 unspecified atom stereocenters. The molecule has 19 heavy (non-hydrogen) atoms. The molecule has 0 radical (unpaired) electrons. The lowest BCUT2D eigenvalue weighted by Gasteiger charge is -2.01. The highest BCUT2D eigenvalue weighted by Gasteiger charge is 2.12. The molecule has 0 aliphatic rings. The highest BCUT2D eigenvalue weighted by molar-refractivity contribution is 5.89. The monoisotopic (exact) mass is 265 g/mol. The Morgan fingerprint density at radius 1 is 1.63 bits per heavy atom. The number of rotatable bonds is 5. The van der Waals surface area contributed by atoms with Gasteiger partial charge in [-0.2, -0.15) is 0 Å².